The molecule has 0 saturated heterocycles. The number of ketones is 4. The molecule has 1 aromatic carbocycles. The van der Waals surface area contributed by atoms with E-state index in [1.165, 1.54) is 25.1 Å². The van der Waals surface area contributed by atoms with Crippen LogP contribution in [-0.4, -0.2) is 102 Å². The number of phenols is 1. The van der Waals surface area contributed by atoms with Gasteiger partial charge in [-0.2, -0.15) is 0 Å². The Bertz CT molecular complexity index is 1300. The molecular formula is C29H38FN3O8. The van der Waals surface area contributed by atoms with Crippen molar-refractivity contribution in [3.63, 3.8) is 0 Å². The number of fused-ring (bicyclic) bond motifs is 3. The highest BCUT2D eigenvalue weighted by molar-refractivity contribution is 6.32. The molecule has 0 aromatic heterocycles. The first-order valence-electron chi connectivity index (χ1n) is 13.8. The lowest BCUT2D eigenvalue weighted by molar-refractivity contribution is -0.181. The maximum absolute atomic E-state index is 16.0. The van der Waals surface area contributed by atoms with Gasteiger partial charge in [0.25, 0.3) is 0 Å². The summed E-state index contributed by atoms with van der Waals surface area (Å²) in [5.41, 5.74) is 2.30. The van der Waals surface area contributed by atoms with Crippen LogP contribution in [0.25, 0.3) is 0 Å². The number of methoxy groups -OCH3 is 1. The van der Waals surface area contributed by atoms with E-state index in [1.807, 2.05) is 18.7 Å². The number of carbonyl (C=O) groups is 5. The SMILES string of the molecule is COCCN(Cc1cc(O)c2c(c1F)C[C@H]1C[C@H]3[C@H](N(C)C)C(=O)C(C(N)=O)C(=O)[C@@]3(O)C(=O)C1C2=O)CC(C)C. The summed E-state index contributed by atoms with van der Waals surface area (Å²) in [7, 11) is 4.58. The maximum atomic E-state index is 16.0. The van der Waals surface area contributed by atoms with Crippen molar-refractivity contribution in [1.29, 1.82) is 0 Å². The van der Waals surface area contributed by atoms with Gasteiger partial charge in [-0.3, -0.25) is 33.8 Å². The van der Waals surface area contributed by atoms with Crippen LogP contribution >= 0.6 is 0 Å². The Morgan fingerprint density at radius 3 is 2.44 bits per heavy atom. The van der Waals surface area contributed by atoms with Gasteiger partial charge in [0.2, 0.25) is 5.91 Å². The minimum atomic E-state index is -2.82. The van der Waals surface area contributed by atoms with Crippen molar-refractivity contribution in [2.45, 2.75) is 44.9 Å². The monoisotopic (exact) mass is 575 g/mol. The second-order valence-corrected chi connectivity index (χ2v) is 12.1. The molecule has 0 aliphatic heterocycles. The molecule has 12 heteroatoms. The molecule has 2 unspecified atom stereocenters. The first-order valence-corrected chi connectivity index (χ1v) is 13.8. The highest BCUT2D eigenvalue weighted by atomic mass is 19.1. The Labute approximate surface area is 237 Å². The number of hydrogen-bond donors (Lipinski definition) is 3. The summed E-state index contributed by atoms with van der Waals surface area (Å²) >= 11 is 0. The van der Waals surface area contributed by atoms with E-state index in [2.05, 4.69) is 0 Å². The van der Waals surface area contributed by atoms with E-state index in [1.54, 1.807) is 7.11 Å². The summed E-state index contributed by atoms with van der Waals surface area (Å²) in [6, 6.07) is -0.0426. The number of Topliss-reactive ketones (excluding diaryl/α,β-unsaturated/α-hetero) is 4. The van der Waals surface area contributed by atoms with Crippen LogP contribution in [-0.2, 0) is 36.9 Å². The van der Waals surface area contributed by atoms with Gasteiger partial charge < -0.3 is 20.7 Å². The first-order chi connectivity index (χ1) is 19.2. The number of amides is 1. The number of nitrogens with two attached hydrogens (primary N) is 1. The predicted molar refractivity (Wildman–Crippen MR) is 143 cm³/mol. The zero-order valence-corrected chi connectivity index (χ0v) is 24.0. The quantitative estimate of drug-likeness (QED) is 0.344. The Hall–Kier alpha value is -3.06. The third-order valence-electron chi connectivity index (χ3n) is 8.70. The fourth-order valence-electron chi connectivity index (χ4n) is 7.04. The number of rotatable bonds is 9. The third kappa shape index (κ3) is 5.00. The summed E-state index contributed by atoms with van der Waals surface area (Å²) in [4.78, 5) is 69.5. The summed E-state index contributed by atoms with van der Waals surface area (Å²) < 4.78 is 21.2. The van der Waals surface area contributed by atoms with Crippen molar-refractivity contribution in [2.24, 2.45) is 35.3 Å². The average Bonchev–Trinajstić information content (AvgIpc) is 2.86. The van der Waals surface area contributed by atoms with E-state index in [-0.39, 0.29) is 42.0 Å². The molecule has 4 rings (SSSR count). The van der Waals surface area contributed by atoms with Crippen LogP contribution in [0.5, 0.6) is 5.75 Å². The van der Waals surface area contributed by atoms with E-state index >= 15 is 4.39 Å². The molecule has 4 N–H and O–H groups in total. The first kappa shape index (κ1) is 30.9. The number of halogens is 1. The van der Waals surface area contributed by atoms with Gasteiger partial charge in [-0.05, 0) is 44.8 Å². The van der Waals surface area contributed by atoms with Gasteiger partial charge in [0, 0.05) is 43.8 Å². The number of carbonyl (C=O) groups excluding carboxylic acids is 5. The Kier molecular flexibility index (Phi) is 8.52. The third-order valence-corrected chi connectivity index (χ3v) is 8.70. The van der Waals surface area contributed by atoms with Crippen molar-refractivity contribution in [2.75, 3.05) is 40.9 Å². The smallest absolute Gasteiger partial charge is 0.235 e. The lowest BCUT2D eigenvalue weighted by atomic mass is 9.52. The topological polar surface area (TPSA) is 168 Å². The fourth-order valence-corrected chi connectivity index (χ4v) is 7.04. The van der Waals surface area contributed by atoms with Gasteiger partial charge in [0.05, 0.1) is 24.1 Å². The van der Waals surface area contributed by atoms with Crippen LogP contribution < -0.4 is 5.73 Å². The molecule has 11 nitrogen and oxygen atoms in total. The molecule has 0 heterocycles. The zero-order valence-electron chi connectivity index (χ0n) is 24.0. The molecule has 2 saturated carbocycles. The number of nitrogens with zero attached hydrogens (tertiary/aromatic N) is 2. The molecule has 6 atom stereocenters. The van der Waals surface area contributed by atoms with Gasteiger partial charge in [-0.15, -0.1) is 0 Å². The Morgan fingerprint density at radius 1 is 1.22 bits per heavy atom. The molecule has 224 valence electrons. The molecule has 41 heavy (non-hydrogen) atoms. The summed E-state index contributed by atoms with van der Waals surface area (Å²) in [5, 5.41) is 22.5. The molecule has 0 bridgehead atoms. The molecule has 2 fully saturated rings. The standard InChI is InChI=1S/C29H38FN3O8/c1-13(2)11-33(6-7-41-5)12-15-10-18(34)20-16(22(15)30)8-14-9-17-23(32(3)4)25(36)21(28(31)39)27(38)29(17,40)26(37)19(14)24(20)35/h10,13-14,17,19,21,23,34,40H,6-9,11-12H2,1-5H3,(H2,31,39)/t14-,17-,19?,21?,23-,29-/m0/s1. The van der Waals surface area contributed by atoms with E-state index in [0.717, 1.165) is 0 Å². The van der Waals surface area contributed by atoms with Crippen LogP contribution in [0.1, 0.15) is 41.8 Å². The largest absolute Gasteiger partial charge is 0.507 e. The molecule has 0 spiro atoms. The normalized spacial score (nSPS) is 29.7. The van der Waals surface area contributed by atoms with Gasteiger partial charge in [0.15, 0.2) is 34.7 Å². The lowest BCUT2D eigenvalue weighted by Crippen LogP contribution is -2.74. The van der Waals surface area contributed by atoms with Gasteiger partial charge >= 0.3 is 0 Å². The number of ether oxygens (including phenoxy) is 1. The van der Waals surface area contributed by atoms with Crippen molar-refractivity contribution in [3.05, 3.63) is 28.6 Å². The summed E-state index contributed by atoms with van der Waals surface area (Å²) in [5.74, 6) is -12.1. The van der Waals surface area contributed by atoms with Crippen LogP contribution in [0.4, 0.5) is 4.39 Å². The second kappa shape index (κ2) is 11.3. The van der Waals surface area contributed by atoms with E-state index < -0.39 is 75.9 Å². The molecule has 1 aromatic rings. The van der Waals surface area contributed by atoms with Gasteiger partial charge in [-0.1, -0.05) is 13.8 Å². The van der Waals surface area contributed by atoms with E-state index in [4.69, 9.17) is 10.5 Å². The zero-order chi connectivity index (χ0) is 30.5. The number of likely N-dealkylation sites (N-methyl/N-ethyl adjacent to an activating group) is 1. The Morgan fingerprint density at radius 2 is 1.88 bits per heavy atom. The number of primary amides is 1. The van der Waals surface area contributed by atoms with Crippen LogP contribution in [0, 0.1) is 35.4 Å². The summed E-state index contributed by atoms with van der Waals surface area (Å²) in [6.45, 7) is 5.77. The van der Waals surface area contributed by atoms with Crippen molar-refractivity contribution in [1.82, 2.24) is 9.80 Å². The minimum Gasteiger partial charge on any atom is -0.507 e. The number of hydrogen-bond acceptors (Lipinski definition) is 10. The maximum Gasteiger partial charge on any atom is 0.235 e. The van der Waals surface area contributed by atoms with Gasteiger partial charge in [-0.25, -0.2) is 4.39 Å². The van der Waals surface area contributed by atoms with Crippen molar-refractivity contribution < 1.29 is 43.3 Å². The molecule has 3 aliphatic rings. The lowest BCUT2D eigenvalue weighted by Gasteiger charge is -2.52. The van der Waals surface area contributed by atoms with E-state index in [9.17, 15) is 34.2 Å². The fraction of sp³-hybridized carbons (Fsp3) is 0.621. The van der Waals surface area contributed by atoms with Crippen molar-refractivity contribution >= 4 is 29.0 Å². The van der Waals surface area contributed by atoms with Crippen LogP contribution in [0.3, 0.4) is 0 Å². The molecular weight excluding hydrogens is 537 g/mol. The molecule has 0 radical (unpaired) electrons. The minimum absolute atomic E-state index is 0.0365. The van der Waals surface area contributed by atoms with Crippen LogP contribution in [0.15, 0.2) is 6.07 Å². The summed E-state index contributed by atoms with van der Waals surface area (Å²) in [6.07, 6.45) is -0.261. The molecule has 1 amide bonds. The highest BCUT2D eigenvalue weighted by Crippen LogP contribution is 2.51. The Balaban J connectivity index is 1.77. The number of aromatic hydroxyl groups is 1. The number of phenolic OH excluding ortho intramolecular Hbond substituents is 1. The van der Waals surface area contributed by atoms with Gasteiger partial charge in [0.1, 0.15) is 11.6 Å². The molecule has 3 aliphatic carbocycles. The van der Waals surface area contributed by atoms with Crippen molar-refractivity contribution in [3.8, 4) is 5.75 Å². The number of benzene rings is 1. The number of aliphatic hydroxyl groups is 1. The average molecular weight is 576 g/mol. The highest BCUT2D eigenvalue weighted by Gasteiger charge is 2.69. The van der Waals surface area contributed by atoms with Crippen LogP contribution in [0.2, 0.25) is 0 Å². The second-order valence-electron chi connectivity index (χ2n) is 12.1. The van der Waals surface area contributed by atoms with E-state index in [0.29, 0.717) is 19.7 Å². The predicted octanol–water partition coefficient (Wildman–Crippen LogP) is 0.111.